The molecule has 1 unspecified atom stereocenters. The minimum Gasteiger partial charge on any atom is -0.481 e. The van der Waals surface area contributed by atoms with Gasteiger partial charge in [0.2, 0.25) is 0 Å². The van der Waals surface area contributed by atoms with Crippen molar-refractivity contribution in [3.05, 3.63) is 59.7 Å². The summed E-state index contributed by atoms with van der Waals surface area (Å²) in [5, 5.41) is 9.37. The van der Waals surface area contributed by atoms with E-state index in [0.29, 0.717) is 6.42 Å². The van der Waals surface area contributed by atoms with Gasteiger partial charge in [-0.15, -0.1) is 0 Å². The molecule has 1 spiro atoms. The van der Waals surface area contributed by atoms with E-state index < -0.39 is 11.9 Å². The van der Waals surface area contributed by atoms with Gasteiger partial charge in [0, 0.05) is 18.0 Å². The standard InChI is InChI=1S/C23H23NO4/c25-21(26)15-9-10-23(11-12-23)24(13-15)22(27)28-14-20-18-7-3-1-5-16(18)17-6-2-4-8-19(17)20/h1-8,15,20H,9-14H2,(H,25,26). The van der Waals surface area contributed by atoms with Gasteiger partial charge in [0.05, 0.1) is 5.92 Å². The lowest BCUT2D eigenvalue weighted by Gasteiger charge is -2.38. The zero-order valence-electron chi connectivity index (χ0n) is 15.6. The molecule has 5 nitrogen and oxygen atoms in total. The molecule has 0 radical (unpaired) electrons. The van der Waals surface area contributed by atoms with E-state index in [0.717, 1.165) is 19.3 Å². The van der Waals surface area contributed by atoms with Crippen molar-refractivity contribution in [1.82, 2.24) is 4.90 Å². The number of benzene rings is 2. The van der Waals surface area contributed by atoms with Crippen molar-refractivity contribution in [2.45, 2.75) is 37.1 Å². The van der Waals surface area contributed by atoms with Gasteiger partial charge in [-0.3, -0.25) is 4.79 Å². The fraction of sp³-hybridized carbons (Fsp3) is 0.391. The molecule has 2 aromatic rings. The highest BCUT2D eigenvalue weighted by Gasteiger charge is 2.54. The predicted octanol–water partition coefficient (Wildman–Crippen LogP) is 4.26. The summed E-state index contributed by atoms with van der Waals surface area (Å²) in [7, 11) is 0. The zero-order chi connectivity index (χ0) is 19.3. The SMILES string of the molecule is O=C(O)C1CCC2(CC2)N(C(=O)OCC2c3ccccc3-c3ccccc32)C1. The minimum atomic E-state index is -0.827. The Morgan fingerprint density at radius 3 is 2.18 bits per heavy atom. The van der Waals surface area contributed by atoms with Crippen LogP contribution in [0.25, 0.3) is 11.1 Å². The van der Waals surface area contributed by atoms with E-state index in [1.54, 1.807) is 4.90 Å². The third-order valence-electron chi connectivity index (χ3n) is 6.67. The summed E-state index contributed by atoms with van der Waals surface area (Å²) in [6.07, 6.45) is 2.93. The van der Waals surface area contributed by atoms with Crippen molar-refractivity contribution in [2.24, 2.45) is 5.92 Å². The first kappa shape index (κ1) is 17.3. The molecule has 0 bridgehead atoms. The summed E-state index contributed by atoms with van der Waals surface area (Å²) < 4.78 is 5.78. The molecule has 28 heavy (non-hydrogen) atoms. The van der Waals surface area contributed by atoms with Crippen LogP contribution in [-0.2, 0) is 9.53 Å². The Kier molecular flexibility index (Phi) is 3.93. The van der Waals surface area contributed by atoms with E-state index in [1.807, 2.05) is 24.3 Å². The van der Waals surface area contributed by atoms with Gasteiger partial charge in [-0.2, -0.15) is 0 Å². The molecular weight excluding hydrogens is 354 g/mol. The van der Waals surface area contributed by atoms with Crippen LogP contribution in [0.3, 0.4) is 0 Å². The number of amides is 1. The number of piperidine rings is 1. The molecule has 1 aliphatic heterocycles. The van der Waals surface area contributed by atoms with Crippen molar-refractivity contribution >= 4 is 12.1 Å². The molecule has 0 aromatic heterocycles. The van der Waals surface area contributed by atoms with Gasteiger partial charge in [0.15, 0.2) is 0 Å². The Balaban J connectivity index is 1.35. The summed E-state index contributed by atoms with van der Waals surface area (Å²) in [6.45, 7) is 0.531. The maximum atomic E-state index is 12.9. The Morgan fingerprint density at radius 1 is 1.00 bits per heavy atom. The molecule has 5 heteroatoms. The molecule has 1 saturated heterocycles. The maximum Gasteiger partial charge on any atom is 0.410 e. The lowest BCUT2D eigenvalue weighted by atomic mass is 9.91. The fourth-order valence-corrected chi connectivity index (χ4v) is 4.89. The Bertz CT molecular complexity index is 904. The van der Waals surface area contributed by atoms with E-state index in [-0.39, 0.29) is 30.7 Å². The quantitative estimate of drug-likeness (QED) is 0.868. The largest absolute Gasteiger partial charge is 0.481 e. The number of fused-ring (bicyclic) bond motifs is 3. The first-order chi connectivity index (χ1) is 13.6. The highest BCUT2D eigenvalue weighted by atomic mass is 16.6. The first-order valence-electron chi connectivity index (χ1n) is 9.94. The number of carboxylic acids is 1. The number of carboxylic acid groups (broad SMARTS) is 1. The predicted molar refractivity (Wildman–Crippen MR) is 104 cm³/mol. The lowest BCUT2D eigenvalue weighted by Crippen LogP contribution is -2.50. The number of hydrogen-bond donors (Lipinski definition) is 1. The highest BCUT2D eigenvalue weighted by Crippen LogP contribution is 2.50. The van der Waals surface area contributed by atoms with Gasteiger partial charge >= 0.3 is 12.1 Å². The van der Waals surface area contributed by atoms with Crippen LogP contribution in [0, 0.1) is 5.92 Å². The van der Waals surface area contributed by atoms with Gasteiger partial charge in [0.25, 0.3) is 0 Å². The second-order valence-corrected chi connectivity index (χ2v) is 8.21. The number of carbonyl (C=O) groups excluding carboxylic acids is 1. The second kappa shape index (κ2) is 6.36. The Labute approximate surface area is 163 Å². The average Bonchev–Trinajstić information content (AvgIpc) is 3.41. The van der Waals surface area contributed by atoms with E-state index >= 15 is 0 Å². The molecule has 3 aliphatic rings. The second-order valence-electron chi connectivity index (χ2n) is 8.21. The van der Waals surface area contributed by atoms with Crippen LogP contribution in [0.1, 0.15) is 42.7 Å². The fourth-order valence-electron chi connectivity index (χ4n) is 4.89. The third-order valence-corrected chi connectivity index (χ3v) is 6.67. The number of likely N-dealkylation sites (tertiary alicyclic amines) is 1. The molecule has 5 rings (SSSR count). The van der Waals surface area contributed by atoms with Gasteiger partial charge < -0.3 is 14.7 Å². The number of aliphatic carboxylic acids is 1. The minimum absolute atomic E-state index is 0.0200. The van der Waals surface area contributed by atoms with E-state index in [1.165, 1.54) is 22.3 Å². The molecule has 1 N–H and O–H groups in total. The molecule has 2 fully saturated rings. The van der Waals surface area contributed by atoms with Crippen LogP contribution < -0.4 is 0 Å². The Morgan fingerprint density at radius 2 is 1.61 bits per heavy atom. The van der Waals surface area contributed by atoms with E-state index in [2.05, 4.69) is 24.3 Å². The summed E-state index contributed by atoms with van der Waals surface area (Å²) in [5.41, 5.74) is 4.59. The molecule has 2 aromatic carbocycles. The number of nitrogens with zero attached hydrogens (tertiary/aromatic N) is 1. The lowest BCUT2D eigenvalue weighted by molar-refractivity contribution is -0.144. The molecule has 1 atom stereocenters. The Hall–Kier alpha value is -2.82. The van der Waals surface area contributed by atoms with Crippen LogP contribution in [0.2, 0.25) is 0 Å². The first-order valence-corrected chi connectivity index (χ1v) is 9.94. The molecule has 1 amide bonds. The molecular formula is C23H23NO4. The van der Waals surface area contributed by atoms with E-state index in [4.69, 9.17) is 4.74 Å². The zero-order valence-corrected chi connectivity index (χ0v) is 15.6. The van der Waals surface area contributed by atoms with Crippen LogP contribution in [0.15, 0.2) is 48.5 Å². The van der Waals surface area contributed by atoms with E-state index in [9.17, 15) is 14.7 Å². The monoisotopic (exact) mass is 377 g/mol. The van der Waals surface area contributed by atoms with Crippen LogP contribution >= 0.6 is 0 Å². The van der Waals surface area contributed by atoms with Crippen molar-refractivity contribution in [1.29, 1.82) is 0 Å². The van der Waals surface area contributed by atoms with Crippen molar-refractivity contribution in [3.8, 4) is 11.1 Å². The van der Waals surface area contributed by atoms with Gasteiger partial charge in [0.1, 0.15) is 6.61 Å². The van der Waals surface area contributed by atoms with Crippen LogP contribution in [0.5, 0.6) is 0 Å². The van der Waals surface area contributed by atoms with Crippen LogP contribution in [-0.4, -0.2) is 40.8 Å². The summed E-state index contributed by atoms with van der Waals surface area (Å²) >= 11 is 0. The number of ether oxygens (including phenoxy) is 1. The highest BCUT2D eigenvalue weighted by molar-refractivity contribution is 5.79. The van der Waals surface area contributed by atoms with Gasteiger partial charge in [-0.05, 0) is 47.9 Å². The summed E-state index contributed by atoms with van der Waals surface area (Å²) in [5.74, 6) is -1.30. The molecule has 1 heterocycles. The number of hydrogen-bond acceptors (Lipinski definition) is 3. The maximum absolute atomic E-state index is 12.9. The van der Waals surface area contributed by atoms with Crippen LogP contribution in [0.4, 0.5) is 4.79 Å². The average molecular weight is 377 g/mol. The van der Waals surface area contributed by atoms with Crippen molar-refractivity contribution in [2.75, 3.05) is 13.2 Å². The molecule has 144 valence electrons. The molecule has 2 aliphatic carbocycles. The number of rotatable bonds is 3. The summed E-state index contributed by atoms with van der Waals surface area (Å²) in [6, 6.07) is 16.5. The van der Waals surface area contributed by atoms with Crippen molar-refractivity contribution < 1.29 is 19.4 Å². The molecule has 1 saturated carbocycles. The smallest absolute Gasteiger partial charge is 0.410 e. The summed E-state index contributed by atoms with van der Waals surface area (Å²) in [4.78, 5) is 26.0. The number of carbonyl (C=O) groups is 2. The van der Waals surface area contributed by atoms with Gasteiger partial charge in [-0.25, -0.2) is 4.79 Å². The topological polar surface area (TPSA) is 66.8 Å². The van der Waals surface area contributed by atoms with Crippen molar-refractivity contribution in [3.63, 3.8) is 0 Å². The normalized spacial score (nSPS) is 21.9. The van der Waals surface area contributed by atoms with Gasteiger partial charge in [-0.1, -0.05) is 48.5 Å². The third kappa shape index (κ3) is 2.68.